The second-order valence-electron chi connectivity index (χ2n) is 6.84. The summed E-state index contributed by atoms with van der Waals surface area (Å²) in [5.41, 5.74) is 4.39. The largest absolute Gasteiger partial charge is 0.379 e. The molecule has 4 heteroatoms. The Bertz CT molecular complexity index is 721. The highest BCUT2D eigenvalue weighted by Crippen LogP contribution is 2.22. The number of rotatable bonds is 6. The number of carbonyl (C=O) groups is 1. The van der Waals surface area contributed by atoms with Gasteiger partial charge in [0.15, 0.2) is 0 Å². The number of aryl methyl sites for hydroxylation is 2. The normalized spacial score (nSPS) is 16.2. The third kappa shape index (κ3) is 4.71. The Balaban J connectivity index is 1.73. The number of ether oxygens (including phenoxy) is 1. The molecule has 0 radical (unpaired) electrons. The molecule has 0 unspecified atom stereocenters. The second kappa shape index (κ2) is 8.97. The second-order valence-corrected chi connectivity index (χ2v) is 6.84. The molecule has 1 amide bonds. The Morgan fingerprint density at radius 1 is 1.15 bits per heavy atom. The van der Waals surface area contributed by atoms with Crippen molar-refractivity contribution in [3.05, 3.63) is 70.8 Å². The molecule has 2 aromatic rings. The Kier molecular flexibility index (Phi) is 6.42. The maximum Gasteiger partial charge on any atom is 0.251 e. The zero-order valence-corrected chi connectivity index (χ0v) is 15.7. The quantitative estimate of drug-likeness (QED) is 0.867. The molecular formula is C22H28N2O2. The first-order valence-corrected chi connectivity index (χ1v) is 9.43. The third-order valence-electron chi connectivity index (χ3n) is 5.00. The smallest absolute Gasteiger partial charge is 0.251 e. The third-order valence-corrected chi connectivity index (χ3v) is 5.00. The average Bonchev–Trinajstić information content (AvgIpc) is 2.69. The summed E-state index contributed by atoms with van der Waals surface area (Å²) in [6.45, 7) is 8.03. The number of hydrogen-bond acceptors (Lipinski definition) is 3. The van der Waals surface area contributed by atoms with E-state index in [1.807, 2.05) is 31.2 Å². The molecule has 2 aromatic carbocycles. The molecule has 1 aliphatic heterocycles. The van der Waals surface area contributed by atoms with Crippen molar-refractivity contribution in [3.63, 3.8) is 0 Å². The molecule has 3 rings (SSSR count). The van der Waals surface area contributed by atoms with Gasteiger partial charge in [0.2, 0.25) is 0 Å². The van der Waals surface area contributed by atoms with Gasteiger partial charge in [-0.1, -0.05) is 48.9 Å². The maximum absolute atomic E-state index is 12.6. The van der Waals surface area contributed by atoms with E-state index in [2.05, 4.69) is 41.4 Å². The first kappa shape index (κ1) is 18.6. The first-order chi connectivity index (χ1) is 12.7. The van der Waals surface area contributed by atoms with Crippen LogP contribution in [0.25, 0.3) is 0 Å². The van der Waals surface area contributed by atoms with Gasteiger partial charge in [-0.15, -0.1) is 0 Å². The Morgan fingerprint density at radius 2 is 1.88 bits per heavy atom. The van der Waals surface area contributed by atoms with E-state index >= 15 is 0 Å². The van der Waals surface area contributed by atoms with Crippen molar-refractivity contribution in [3.8, 4) is 0 Å². The lowest BCUT2D eigenvalue weighted by Crippen LogP contribution is -2.43. The minimum absolute atomic E-state index is 0.0165. The zero-order valence-electron chi connectivity index (χ0n) is 15.7. The summed E-state index contributed by atoms with van der Waals surface area (Å²) in [5.74, 6) is -0.0165. The monoisotopic (exact) mass is 352 g/mol. The van der Waals surface area contributed by atoms with Crippen molar-refractivity contribution in [2.75, 3.05) is 32.8 Å². The number of morpholine rings is 1. The molecule has 1 N–H and O–H groups in total. The van der Waals surface area contributed by atoms with Gasteiger partial charge in [0, 0.05) is 25.2 Å². The predicted octanol–water partition coefficient (Wildman–Crippen LogP) is 3.36. The van der Waals surface area contributed by atoms with Crippen molar-refractivity contribution >= 4 is 5.91 Å². The fourth-order valence-corrected chi connectivity index (χ4v) is 3.40. The van der Waals surface area contributed by atoms with Gasteiger partial charge in [-0.3, -0.25) is 9.69 Å². The van der Waals surface area contributed by atoms with Crippen LogP contribution in [0.15, 0.2) is 48.5 Å². The lowest BCUT2D eigenvalue weighted by Gasteiger charge is -2.35. The Hall–Kier alpha value is -2.17. The minimum Gasteiger partial charge on any atom is -0.379 e. The molecule has 1 aliphatic rings. The maximum atomic E-state index is 12.6. The van der Waals surface area contributed by atoms with E-state index in [4.69, 9.17) is 4.74 Å². The summed E-state index contributed by atoms with van der Waals surface area (Å²) in [6.07, 6.45) is 1.03. The topological polar surface area (TPSA) is 41.6 Å². The van der Waals surface area contributed by atoms with Crippen LogP contribution in [0.5, 0.6) is 0 Å². The van der Waals surface area contributed by atoms with Gasteiger partial charge in [-0.25, -0.2) is 0 Å². The van der Waals surface area contributed by atoms with E-state index in [0.717, 1.165) is 38.3 Å². The van der Waals surface area contributed by atoms with Crippen LogP contribution in [0.2, 0.25) is 0 Å². The van der Waals surface area contributed by atoms with Crippen LogP contribution in [0.3, 0.4) is 0 Å². The van der Waals surface area contributed by atoms with Gasteiger partial charge in [-0.05, 0) is 36.6 Å². The van der Waals surface area contributed by atoms with Crippen LogP contribution in [0.4, 0.5) is 0 Å². The highest BCUT2D eigenvalue weighted by atomic mass is 16.5. The van der Waals surface area contributed by atoms with E-state index in [1.54, 1.807) is 0 Å². The SMILES string of the molecule is CCc1ccc([C@H](CNC(=O)c2cccc(C)c2)N2CCOCC2)cc1. The van der Waals surface area contributed by atoms with E-state index in [0.29, 0.717) is 12.1 Å². The molecule has 0 aromatic heterocycles. The number of carbonyl (C=O) groups excluding carboxylic acids is 1. The number of amides is 1. The molecule has 1 fully saturated rings. The van der Waals surface area contributed by atoms with Crippen LogP contribution in [-0.2, 0) is 11.2 Å². The fraction of sp³-hybridized carbons (Fsp3) is 0.409. The van der Waals surface area contributed by atoms with E-state index in [-0.39, 0.29) is 11.9 Å². The van der Waals surface area contributed by atoms with E-state index in [9.17, 15) is 4.79 Å². The number of nitrogens with zero attached hydrogens (tertiary/aromatic N) is 1. The van der Waals surface area contributed by atoms with Gasteiger partial charge in [0.25, 0.3) is 5.91 Å². The summed E-state index contributed by atoms with van der Waals surface area (Å²) in [5, 5.41) is 3.13. The number of benzene rings is 2. The van der Waals surface area contributed by atoms with Crippen molar-refractivity contribution < 1.29 is 9.53 Å². The van der Waals surface area contributed by atoms with Gasteiger partial charge < -0.3 is 10.1 Å². The lowest BCUT2D eigenvalue weighted by atomic mass is 10.0. The van der Waals surface area contributed by atoms with Crippen LogP contribution < -0.4 is 5.32 Å². The molecule has 1 heterocycles. The summed E-state index contributed by atoms with van der Waals surface area (Å²) >= 11 is 0. The minimum atomic E-state index is -0.0165. The molecule has 1 saturated heterocycles. The molecule has 0 spiro atoms. The van der Waals surface area contributed by atoms with E-state index < -0.39 is 0 Å². The van der Waals surface area contributed by atoms with Gasteiger partial charge >= 0.3 is 0 Å². The molecule has 0 saturated carbocycles. The van der Waals surface area contributed by atoms with E-state index in [1.165, 1.54) is 11.1 Å². The molecular weight excluding hydrogens is 324 g/mol. The molecule has 4 nitrogen and oxygen atoms in total. The zero-order chi connectivity index (χ0) is 18.4. The van der Waals surface area contributed by atoms with Crippen LogP contribution in [0.1, 0.15) is 40.0 Å². The highest BCUT2D eigenvalue weighted by molar-refractivity contribution is 5.94. The first-order valence-electron chi connectivity index (χ1n) is 9.43. The fourth-order valence-electron chi connectivity index (χ4n) is 3.40. The predicted molar refractivity (Wildman–Crippen MR) is 104 cm³/mol. The van der Waals surface area contributed by atoms with Gasteiger partial charge in [0.05, 0.1) is 19.3 Å². The van der Waals surface area contributed by atoms with Crippen molar-refractivity contribution in [1.82, 2.24) is 10.2 Å². The Labute approximate surface area is 156 Å². The van der Waals surface area contributed by atoms with Crippen molar-refractivity contribution in [2.24, 2.45) is 0 Å². The number of nitrogens with one attached hydrogen (secondary N) is 1. The molecule has 1 atom stereocenters. The Morgan fingerprint density at radius 3 is 2.54 bits per heavy atom. The summed E-state index contributed by atoms with van der Waals surface area (Å²) in [4.78, 5) is 15.0. The lowest BCUT2D eigenvalue weighted by molar-refractivity contribution is 0.0162. The molecule has 0 bridgehead atoms. The van der Waals surface area contributed by atoms with Crippen molar-refractivity contribution in [1.29, 1.82) is 0 Å². The molecule has 0 aliphatic carbocycles. The summed E-state index contributed by atoms with van der Waals surface area (Å²) in [6, 6.07) is 16.6. The van der Waals surface area contributed by atoms with Crippen LogP contribution in [-0.4, -0.2) is 43.7 Å². The average molecular weight is 352 g/mol. The number of hydrogen-bond donors (Lipinski definition) is 1. The highest BCUT2D eigenvalue weighted by Gasteiger charge is 2.23. The van der Waals surface area contributed by atoms with Crippen LogP contribution >= 0.6 is 0 Å². The van der Waals surface area contributed by atoms with Crippen LogP contribution in [0, 0.1) is 6.92 Å². The summed E-state index contributed by atoms with van der Waals surface area (Å²) in [7, 11) is 0. The standard InChI is InChI=1S/C22H28N2O2/c1-3-18-7-9-19(10-8-18)21(24-11-13-26-14-12-24)16-23-22(25)20-6-4-5-17(2)15-20/h4-10,15,21H,3,11-14,16H2,1-2H3,(H,23,25)/t21-/m0/s1. The molecule has 26 heavy (non-hydrogen) atoms. The van der Waals surface area contributed by atoms with Crippen molar-refractivity contribution in [2.45, 2.75) is 26.3 Å². The van der Waals surface area contributed by atoms with Gasteiger partial charge in [-0.2, -0.15) is 0 Å². The molecule has 138 valence electrons. The van der Waals surface area contributed by atoms with Gasteiger partial charge in [0.1, 0.15) is 0 Å². The summed E-state index contributed by atoms with van der Waals surface area (Å²) < 4.78 is 5.50.